The first-order chi connectivity index (χ1) is 12.3. The molecule has 0 fully saturated rings. The minimum atomic E-state index is 0.506. The monoisotopic (exact) mass is 417 g/mol. The number of rotatable bonds is 8. The molecule has 25 heavy (non-hydrogen) atoms. The summed E-state index contributed by atoms with van der Waals surface area (Å²) in [4.78, 5) is 1.31. The summed E-state index contributed by atoms with van der Waals surface area (Å²) in [5.74, 6) is 1.52. The number of nitrogens with one attached hydrogen (secondary N) is 1. The van der Waals surface area contributed by atoms with Gasteiger partial charge in [-0.25, -0.2) is 0 Å². The summed E-state index contributed by atoms with van der Waals surface area (Å²) in [6.45, 7) is 2.03. The maximum absolute atomic E-state index is 6.12. The van der Waals surface area contributed by atoms with Crippen LogP contribution in [0.4, 0.5) is 0 Å². The fourth-order valence-corrected chi connectivity index (χ4v) is 3.65. The van der Waals surface area contributed by atoms with Gasteiger partial charge in [0.25, 0.3) is 0 Å². The van der Waals surface area contributed by atoms with Crippen LogP contribution in [0, 0.1) is 0 Å². The van der Waals surface area contributed by atoms with Gasteiger partial charge in [-0.2, -0.15) is 0 Å². The molecule has 0 unspecified atom stereocenters. The molecule has 0 radical (unpaired) electrons. The Bertz CT molecular complexity index is 791. The van der Waals surface area contributed by atoms with Crippen molar-refractivity contribution in [2.75, 3.05) is 7.11 Å². The molecule has 0 bridgehead atoms. The summed E-state index contributed by atoms with van der Waals surface area (Å²) in [5.41, 5.74) is 2.19. The highest BCUT2D eigenvalue weighted by Gasteiger charge is 2.14. The minimum Gasteiger partial charge on any atom is -0.493 e. The number of halogens is 1. The topological polar surface area (TPSA) is 30.5 Å². The summed E-state index contributed by atoms with van der Waals surface area (Å²) < 4.78 is 12.6. The van der Waals surface area contributed by atoms with Crippen LogP contribution in [0.25, 0.3) is 0 Å². The van der Waals surface area contributed by atoms with E-state index in [-0.39, 0.29) is 0 Å². The second kappa shape index (κ2) is 9.04. The predicted molar refractivity (Wildman–Crippen MR) is 106 cm³/mol. The SMILES string of the molecule is COc1ccc(Br)c(CNCc2cccs2)c1OCc1ccccc1. The molecule has 130 valence electrons. The lowest BCUT2D eigenvalue weighted by molar-refractivity contribution is 0.280. The number of thiophene rings is 1. The highest BCUT2D eigenvalue weighted by Crippen LogP contribution is 2.36. The van der Waals surface area contributed by atoms with Gasteiger partial charge in [0.2, 0.25) is 0 Å². The van der Waals surface area contributed by atoms with E-state index < -0.39 is 0 Å². The zero-order chi connectivity index (χ0) is 17.5. The summed E-state index contributed by atoms with van der Waals surface area (Å²) >= 11 is 5.39. The van der Waals surface area contributed by atoms with Gasteiger partial charge in [-0.3, -0.25) is 0 Å². The quantitative estimate of drug-likeness (QED) is 0.532. The zero-order valence-corrected chi connectivity index (χ0v) is 16.4. The van der Waals surface area contributed by atoms with Gasteiger partial charge in [-0.15, -0.1) is 11.3 Å². The number of methoxy groups -OCH3 is 1. The van der Waals surface area contributed by atoms with Crippen LogP contribution in [0.3, 0.4) is 0 Å². The minimum absolute atomic E-state index is 0.506. The Morgan fingerprint density at radius 3 is 2.56 bits per heavy atom. The van der Waals surface area contributed by atoms with Crippen LogP contribution in [0.2, 0.25) is 0 Å². The van der Waals surface area contributed by atoms with Crippen molar-refractivity contribution < 1.29 is 9.47 Å². The van der Waals surface area contributed by atoms with E-state index in [1.165, 1.54) is 4.88 Å². The summed E-state index contributed by atoms with van der Waals surface area (Å²) in [6, 6.07) is 18.3. The molecule has 3 aromatic rings. The van der Waals surface area contributed by atoms with E-state index >= 15 is 0 Å². The van der Waals surface area contributed by atoms with Crippen LogP contribution in [0.15, 0.2) is 64.5 Å². The molecule has 0 saturated carbocycles. The van der Waals surface area contributed by atoms with Gasteiger partial charge in [0.15, 0.2) is 11.5 Å². The second-order valence-electron chi connectivity index (χ2n) is 5.51. The Labute approximate surface area is 160 Å². The normalized spacial score (nSPS) is 10.6. The molecule has 0 aliphatic carbocycles. The Hall–Kier alpha value is -1.82. The number of hydrogen-bond acceptors (Lipinski definition) is 4. The van der Waals surface area contributed by atoms with Crippen molar-refractivity contribution in [3.05, 3.63) is 80.5 Å². The van der Waals surface area contributed by atoms with Gasteiger partial charge in [-0.1, -0.05) is 52.3 Å². The molecule has 3 nitrogen and oxygen atoms in total. The highest BCUT2D eigenvalue weighted by atomic mass is 79.9. The van der Waals surface area contributed by atoms with E-state index in [1.54, 1.807) is 18.4 Å². The Morgan fingerprint density at radius 2 is 1.84 bits per heavy atom. The largest absolute Gasteiger partial charge is 0.493 e. The lowest BCUT2D eigenvalue weighted by Crippen LogP contribution is -2.14. The first kappa shape index (κ1) is 18.0. The summed E-state index contributed by atoms with van der Waals surface area (Å²) in [7, 11) is 1.67. The van der Waals surface area contributed by atoms with Crippen molar-refractivity contribution in [3.63, 3.8) is 0 Å². The van der Waals surface area contributed by atoms with Crippen molar-refractivity contribution in [3.8, 4) is 11.5 Å². The van der Waals surface area contributed by atoms with Crippen molar-refractivity contribution in [2.45, 2.75) is 19.7 Å². The van der Waals surface area contributed by atoms with Gasteiger partial charge in [-0.05, 0) is 29.1 Å². The number of hydrogen-bond donors (Lipinski definition) is 1. The average Bonchev–Trinajstić information content (AvgIpc) is 3.16. The Kier molecular flexibility index (Phi) is 6.50. The van der Waals surface area contributed by atoms with E-state index in [2.05, 4.69) is 50.9 Å². The molecule has 1 aromatic heterocycles. The third-order valence-electron chi connectivity index (χ3n) is 3.79. The molecule has 0 spiro atoms. The zero-order valence-electron chi connectivity index (χ0n) is 14.0. The molecule has 0 aliphatic heterocycles. The molecular formula is C20H20BrNO2S. The van der Waals surface area contributed by atoms with Crippen molar-refractivity contribution >= 4 is 27.3 Å². The molecular weight excluding hydrogens is 398 g/mol. The summed E-state index contributed by atoms with van der Waals surface area (Å²) in [5, 5.41) is 5.57. The Morgan fingerprint density at radius 1 is 1.00 bits per heavy atom. The van der Waals surface area contributed by atoms with E-state index in [0.717, 1.165) is 33.6 Å². The lowest BCUT2D eigenvalue weighted by Gasteiger charge is -2.17. The molecule has 5 heteroatoms. The maximum Gasteiger partial charge on any atom is 0.167 e. The van der Waals surface area contributed by atoms with Crippen LogP contribution in [-0.2, 0) is 19.7 Å². The highest BCUT2D eigenvalue weighted by molar-refractivity contribution is 9.10. The standard InChI is InChI=1S/C20H20BrNO2S/c1-23-19-10-9-18(21)17(13-22-12-16-8-5-11-25-16)20(19)24-14-15-6-3-2-4-7-15/h2-11,22H,12-14H2,1H3. The van der Waals surface area contributed by atoms with Crippen LogP contribution in [0.1, 0.15) is 16.0 Å². The molecule has 0 atom stereocenters. The van der Waals surface area contributed by atoms with Crippen LogP contribution >= 0.6 is 27.3 Å². The van der Waals surface area contributed by atoms with Gasteiger partial charge in [0, 0.05) is 28.0 Å². The third-order valence-corrected chi connectivity index (χ3v) is 5.41. The van der Waals surface area contributed by atoms with Gasteiger partial charge in [0.1, 0.15) is 6.61 Å². The van der Waals surface area contributed by atoms with E-state index in [9.17, 15) is 0 Å². The fraction of sp³-hybridized carbons (Fsp3) is 0.200. The molecule has 1 heterocycles. The summed E-state index contributed by atoms with van der Waals surface area (Å²) in [6.07, 6.45) is 0. The van der Waals surface area contributed by atoms with Crippen molar-refractivity contribution in [2.24, 2.45) is 0 Å². The van der Waals surface area contributed by atoms with Crippen LogP contribution in [0.5, 0.6) is 11.5 Å². The van der Waals surface area contributed by atoms with Crippen LogP contribution in [-0.4, -0.2) is 7.11 Å². The van der Waals surface area contributed by atoms with Gasteiger partial charge in [0.05, 0.1) is 7.11 Å². The molecule has 2 aromatic carbocycles. The Balaban J connectivity index is 1.75. The fourth-order valence-electron chi connectivity index (χ4n) is 2.52. The predicted octanol–water partition coefficient (Wildman–Crippen LogP) is 5.39. The molecule has 0 amide bonds. The number of benzene rings is 2. The maximum atomic E-state index is 6.12. The van der Waals surface area contributed by atoms with E-state index in [4.69, 9.17) is 9.47 Å². The number of ether oxygens (including phenoxy) is 2. The van der Waals surface area contributed by atoms with E-state index in [0.29, 0.717) is 13.2 Å². The average molecular weight is 418 g/mol. The third kappa shape index (κ3) is 4.84. The van der Waals surface area contributed by atoms with Crippen LogP contribution < -0.4 is 14.8 Å². The smallest absolute Gasteiger partial charge is 0.167 e. The van der Waals surface area contributed by atoms with Crippen molar-refractivity contribution in [1.29, 1.82) is 0 Å². The molecule has 1 N–H and O–H groups in total. The second-order valence-corrected chi connectivity index (χ2v) is 7.40. The lowest BCUT2D eigenvalue weighted by atomic mass is 10.1. The first-order valence-corrected chi connectivity index (χ1v) is 9.70. The van der Waals surface area contributed by atoms with E-state index in [1.807, 2.05) is 30.3 Å². The van der Waals surface area contributed by atoms with Gasteiger partial charge < -0.3 is 14.8 Å². The van der Waals surface area contributed by atoms with Crippen molar-refractivity contribution in [1.82, 2.24) is 5.32 Å². The molecule has 3 rings (SSSR count). The first-order valence-electron chi connectivity index (χ1n) is 8.03. The molecule has 0 aliphatic rings. The van der Waals surface area contributed by atoms with Gasteiger partial charge >= 0.3 is 0 Å². The molecule has 0 saturated heterocycles.